The van der Waals surface area contributed by atoms with E-state index in [9.17, 15) is 8.78 Å². The zero-order valence-corrected chi connectivity index (χ0v) is 11.4. The van der Waals surface area contributed by atoms with Crippen molar-refractivity contribution in [3.63, 3.8) is 0 Å². The van der Waals surface area contributed by atoms with Crippen LogP contribution < -0.4 is 5.32 Å². The first-order valence-corrected chi connectivity index (χ1v) is 7.01. The Hall–Kier alpha value is -1.22. The van der Waals surface area contributed by atoms with Crippen molar-refractivity contribution in [2.75, 3.05) is 7.05 Å². The summed E-state index contributed by atoms with van der Waals surface area (Å²) in [6, 6.07) is 3.99. The van der Waals surface area contributed by atoms with E-state index >= 15 is 0 Å². The first-order valence-electron chi connectivity index (χ1n) is 7.01. The Labute approximate surface area is 113 Å². The number of allylic oxidation sites excluding steroid dienone is 1. The van der Waals surface area contributed by atoms with E-state index < -0.39 is 11.6 Å². The molecule has 1 aliphatic rings. The highest BCUT2D eigenvalue weighted by Gasteiger charge is 2.16. The van der Waals surface area contributed by atoms with E-state index in [-0.39, 0.29) is 6.04 Å². The first-order chi connectivity index (χ1) is 9.20. The minimum Gasteiger partial charge on any atom is -0.313 e. The van der Waals surface area contributed by atoms with Crippen LogP contribution in [0.25, 0.3) is 0 Å². The van der Waals surface area contributed by atoms with Crippen molar-refractivity contribution in [2.24, 2.45) is 0 Å². The molecule has 0 heterocycles. The van der Waals surface area contributed by atoms with Crippen LogP contribution in [0.3, 0.4) is 0 Å². The number of nitrogens with one attached hydrogen (secondary N) is 1. The maximum Gasteiger partial charge on any atom is 0.129 e. The molecule has 0 bridgehead atoms. The Bertz CT molecular complexity index is 454. The lowest BCUT2D eigenvalue weighted by molar-refractivity contribution is 0.547. The second-order valence-electron chi connectivity index (χ2n) is 5.16. The molecule has 0 fully saturated rings. The van der Waals surface area contributed by atoms with Crippen molar-refractivity contribution in [3.05, 3.63) is 47.0 Å². The fourth-order valence-electron chi connectivity index (χ4n) is 2.68. The van der Waals surface area contributed by atoms with Gasteiger partial charge in [-0.3, -0.25) is 0 Å². The van der Waals surface area contributed by atoms with Crippen LogP contribution in [0.5, 0.6) is 0 Å². The van der Waals surface area contributed by atoms with Gasteiger partial charge in [-0.1, -0.05) is 24.1 Å². The normalized spacial score (nSPS) is 17.7. The molecule has 1 aromatic carbocycles. The molecule has 3 heteroatoms. The van der Waals surface area contributed by atoms with Crippen molar-refractivity contribution in [1.29, 1.82) is 0 Å². The molecule has 0 radical (unpaired) electrons. The Morgan fingerprint density at radius 1 is 1.21 bits per heavy atom. The van der Waals surface area contributed by atoms with Crippen LogP contribution in [0.2, 0.25) is 0 Å². The minimum absolute atomic E-state index is 0.151. The summed E-state index contributed by atoms with van der Waals surface area (Å²) in [6.45, 7) is 0. The molecule has 1 atom stereocenters. The van der Waals surface area contributed by atoms with Crippen molar-refractivity contribution < 1.29 is 8.78 Å². The minimum atomic E-state index is -0.518. The molecule has 1 N–H and O–H groups in total. The molecular weight excluding hydrogens is 244 g/mol. The maximum atomic E-state index is 13.7. The van der Waals surface area contributed by atoms with Crippen LogP contribution in [0.4, 0.5) is 8.78 Å². The summed E-state index contributed by atoms with van der Waals surface area (Å²) in [5.41, 5.74) is 1.94. The molecule has 104 valence electrons. The van der Waals surface area contributed by atoms with Crippen LogP contribution in [0.1, 0.15) is 37.7 Å². The second-order valence-corrected chi connectivity index (χ2v) is 5.16. The first kappa shape index (κ1) is 14.2. The van der Waals surface area contributed by atoms with E-state index in [0.29, 0.717) is 12.0 Å². The highest BCUT2D eigenvalue weighted by atomic mass is 19.1. The van der Waals surface area contributed by atoms with Crippen molar-refractivity contribution in [3.8, 4) is 0 Å². The van der Waals surface area contributed by atoms with Gasteiger partial charge in [-0.05, 0) is 50.8 Å². The third-order valence-electron chi connectivity index (χ3n) is 3.81. The van der Waals surface area contributed by atoms with Gasteiger partial charge in [-0.25, -0.2) is 8.78 Å². The number of likely N-dealkylation sites (N-methyl/N-ethyl adjacent to an activating group) is 1. The highest BCUT2D eigenvalue weighted by Crippen LogP contribution is 2.22. The molecule has 1 aromatic rings. The molecule has 0 spiro atoms. The van der Waals surface area contributed by atoms with E-state index in [4.69, 9.17) is 0 Å². The average Bonchev–Trinajstić information content (AvgIpc) is 2.67. The smallest absolute Gasteiger partial charge is 0.129 e. The standard InChI is InChI=1S/C16H21F2N/c1-19-16(12-6-4-2-3-5-7-12)10-13-8-9-14(17)11-15(13)18/h6,8-9,11,16,19H,2-5,7,10H2,1H3. The lowest BCUT2D eigenvalue weighted by atomic mass is 9.95. The molecule has 0 aliphatic heterocycles. The van der Waals surface area contributed by atoms with Crippen molar-refractivity contribution >= 4 is 0 Å². The quantitative estimate of drug-likeness (QED) is 0.812. The Balaban J connectivity index is 2.11. The SMILES string of the molecule is CNC(Cc1ccc(F)cc1F)C1=CCCCCC1. The van der Waals surface area contributed by atoms with E-state index in [1.807, 2.05) is 7.05 Å². The summed E-state index contributed by atoms with van der Waals surface area (Å²) in [5.74, 6) is -0.967. The number of hydrogen-bond donors (Lipinski definition) is 1. The van der Waals surface area contributed by atoms with Gasteiger partial charge < -0.3 is 5.32 Å². The fraction of sp³-hybridized carbons (Fsp3) is 0.500. The topological polar surface area (TPSA) is 12.0 Å². The number of rotatable bonds is 4. The lowest BCUT2D eigenvalue weighted by Gasteiger charge is -2.20. The zero-order chi connectivity index (χ0) is 13.7. The molecule has 2 rings (SSSR count). The zero-order valence-electron chi connectivity index (χ0n) is 11.4. The number of benzene rings is 1. The van der Waals surface area contributed by atoms with Gasteiger partial charge in [0, 0.05) is 12.1 Å². The molecule has 19 heavy (non-hydrogen) atoms. The fourth-order valence-corrected chi connectivity index (χ4v) is 2.68. The summed E-state index contributed by atoms with van der Waals surface area (Å²) in [7, 11) is 1.90. The van der Waals surface area contributed by atoms with E-state index in [2.05, 4.69) is 11.4 Å². The summed E-state index contributed by atoms with van der Waals surface area (Å²) in [6.07, 6.45) is 8.76. The third-order valence-corrected chi connectivity index (χ3v) is 3.81. The Kier molecular flexibility index (Phi) is 5.08. The molecule has 1 unspecified atom stereocenters. The molecule has 0 saturated heterocycles. The van der Waals surface area contributed by atoms with Gasteiger partial charge in [0.2, 0.25) is 0 Å². The van der Waals surface area contributed by atoms with Gasteiger partial charge in [-0.2, -0.15) is 0 Å². The monoisotopic (exact) mass is 265 g/mol. The average molecular weight is 265 g/mol. The van der Waals surface area contributed by atoms with Crippen LogP contribution in [-0.2, 0) is 6.42 Å². The summed E-state index contributed by atoms with van der Waals surface area (Å²) in [4.78, 5) is 0. The van der Waals surface area contributed by atoms with Crippen LogP contribution >= 0.6 is 0 Å². The van der Waals surface area contributed by atoms with Crippen LogP contribution in [0, 0.1) is 11.6 Å². The molecule has 0 saturated carbocycles. The lowest BCUT2D eigenvalue weighted by Crippen LogP contribution is -2.30. The molecule has 0 aromatic heterocycles. The van der Waals surface area contributed by atoms with Gasteiger partial charge in [0.05, 0.1) is 0 Å². The molecular formula is C16H21F2N. The third kappa shape index (κ3) is 3.87. The molecule has 1 aliphatic carbocycles. The second kappa shape index (κ2) is 6.80. The van der Waals surface area contributed by atoms with Crippen LogP contribution in [-0.4, -0.2) is 13.1 Å². The predicted molar refractivity (Wildman–Crippen MR) is 74.1 cm³/mol. The maximum absolute atomic E-state index is 13.7. The number of hydrogen-bond acceptors (Lipinski definition) is 1. The predicted octanol–water partition coefficient (Wildman–Crippen LogP) is 3.99. The van der Waals surface area contributed by atoms with Gasteiger partial charge in [0.15, 0.2) is 0 Å². The van der Waals surface area contributed by atoms with Crippen molar-refractivity contribution in [2.45, 2.75) is 44.6 Å². The highest BCUT2D eigenvalue weighted by molar-refractivity contribution is 5.23. The van der Waals surface area contributed by atoms with Gasteiger partial charge in [0.25, 0.3) is 0 Å². The number of halogens is 2. The Morgan fingerprint density at radius 2 is 2.05 bits per heavy atom. The molecule has 0 amide bonds. The van der Waals surface area contributed by atoms with E-state index in [1.165, 1.54) is 30.9 Å². The Morgan fingerprint density at radius 3 is 2.79 bits per heavy atom. The van der Waals surface area contributed by atoms with E-state index in [1.54, 1.807) is 6.07 Å². The summed E-state index contributed by atoms with van der Waals surface area (Å²) < 4.78 is 26.6. The van der Waals surface area contributed by atoms with Gasteiger partial charge >= 0.3 is 0 Å². The van der Waals surface area contributed by atoms with E-state index in [0.717, 1.165) is 18.9 Å². The largest absolute Gasteiger partial charge is 0.313 e. The van der Waals surface area contributed by atoms with Crippen LogP contribution in [0.15, 0.2) is 29.8 Å². The van der Waals surface area contributed by atoms with Crippen molar-refractivity contribution in [1.82, 2.24) is 5.32 Å². The summed E-state index contributed by atoms with van der Waals surface area (Å²) >= 11 is 0. The molecule has 1 nitrogen and oxygen atoms in total. The van der Waals surface area contributed by atoms with Gasteiger partial charge in [0.1, 0.15) is 11.6 Å². The van der Waals surface area contributed by atoms with Gasteiger partial charge in [-0.15, -0.1) is 0 Å². The summed E-state index contributed by atoms with van der Waals surface area (Å²) in [5, 5.41) is 3.26.